The number of rotatable bonds is 3. The molecule has 5 nitrogen and oxygen atoms in total. The van der Waals surface area contributed by atoms with Gasteiger partial charge in [-0.3, -0.25) is 0 Å². The lowest BCUT2D eigenvalue weighted by molar-refractivity contribution is 0.319. The molecule has 0 saturated carbocycles. The van der Waals surface area contributed by atoms with E-state index in [2.05, 4.69) is 9.97 Å². The number of aromatic amines is 1. The summed E-state index contributed by atoms with van der Waals surface area (Å²) in [6.07, 6.45) is 2.56. The van der Waals surface area contributed by atoms with E-state index in [9.17, 15) is 8.42 Å². The van der Waals surface area contributed by atoms with Gasteiger partial charge in [0.1, 0.15) is 0 Å². The fraction of sp³-hybridized carbons (Fsp3) is 0.400. The molecule has 1 aromatic rings. The van der Waals surface area contributed by atoms with E-state index in [0.717, 1.165) is 0 Å². The molecule has 62 valence electrons. The standard InChI is InChI=1S/C5H8N2O3S/c8-1-2-11(9,10)5-3-6-4-7-5/h3-4,8H,1-2H2,(H,6,7). The molecule has 1 aromatic heterocycles. The number of nitrogens with one attached hydrogen (secondary N) is 1. The largest absolute Gasteiger partial charge is 0.395 e. The van der Waals surface area contributed by atoms with Gasteiger partial charge < -0.3 is 10.1 Å². The summed E-state index contributed by atoms with van der Waals surface area (Å²) in [7, 11) is -3.36. The molecule has 1 heterocycles. The number of nitrogens with zero attached hydrogens (tertiary/aromatic N) is 1. The Morgan fingerprint density at radius 1 is 1.64 bits per heavy atom. The Morgan fingerprint density at radius 3 is 2.82 bits per heavy atom. The molecule has 0 bridgehead atoms. The van der Waals surface area contributed by atoms with Gasteiger partial charge in [0.25, 0.3) is 0 Å². The van der Waals surface area contributed by atoms with Crippen molar-refractivity contribution >= 4 is 9.84 Å². The first-order chi connectivity index (χ1) is 5.17. The lowest BCUT2D eigenvalue weighted by Crippen LogP contribution is -2.10. The second-order valence-corrected chi connectivity index (χ2v) is 4.01. The fourth-order valence-corrected chi connectivity index (χ4v) is 1.55. The number of hydrogen-bond donors (Lipinski definition) is 2. The summed E-state index contributed by atoms with van der Waals surface area (Å²) in [6.45, 7) is -0.380. The Kier molecular flexibility index (Phi) is 2.25. The summed E-state index contributed by atoms with van der Waals surface area (Å²) in [5.41, 5.74) is 0. The van der Waals surface area contributed by atoms with Crippen molar-refractivity contribution in [2.45, 2.75) is 5.03 Å². The molecule has 0 atom stereocenters. The Balaban J connectivity index is 2.92. The summed E-state index contributed by atoms with van der Waals surface area (Å²) in [5.74, 6) is -0.280. The van der Waals surface area contributed by atoms with Crippen molar-refractivity contribution in [3.63, 3.8) is 0 Å². The number of H-pyrrole nitrogens is 1. The topological polar surface area (TPSA) is 83.0 Å². The molecule has 0 radical (unpaired) electrons. The molecule has 0 fully saturated rings. The average molecular weight is 176 g/mol. The van der Waals surface area contributed by atoms with Crippen LogP contribution in [-0.2, 0) is 9.84 Å². The number of aliphatic hydroxyl groups is 1. The van der Waals surface area contributed by atoms with E-state index in [4.69, 9.17) is 5.11 Å². The van der Waals surface area contributed by atoms with Crippen LogP contribution in [0.3, 0.4) is 0 Å². The molecule has 0 saturated heterocycles. The second-order valence-electron chi connectivity index (χ2n) is 1.95. The minimum atomic E-state index is -3.36. The van der Waals surface area contributed by atoms with Gasteiger partial charge >= 0.3 is 0 Å². The maximum Gasteiger partial charge on any atom is 0.199 e. The number of hydrogen-bond acceptors (Lipinski definition) is 4. The minimum absolute atomic E-state index is 0.0217. The zero-order valence-electron chi connectivity index (χ0n) is 5.69. The average Bonchev–Trinajstić information content (AvgIpc) is 2.37. The lowest BCUT2D eigenvalue weighted by Gasteiger charge is -1.94. The summed E-state index contributed by atoms with van der Waals surface area (Å²) in [4.78, 5) is 6.07. The first-order valence-electron chi connectivity index (χ1n) is 2.99. The Hall–Kier alpha value is -0.880. The summed E-state index contributed by atoms with van der Waals surface area (Å²) in [5, 5.41) is 8.36. The predicted molar refractivity (Wildman–Crippen MR) is 37.7 cm³/mol. The SMILES string of the molecule is O=S(=O)(CCO)c1c[nH]cn1. The van der Waals surface area contributed by atoms with E-state index in [1.807, 2.05) is 0 Å². The molecule has 0 aliphatic carbocycles. The van der Waals surface area contributed by atoms with Gasteiger partial charge in [0.2, 0.25) is 0 Å². The Morgan fingerprint density at radius 2 is 2.36 bits per heavy atom. The van der Waals surface area contributed by atoms with Gasteiger partial charge in [-0.2, -0.15) is 0 Å². The van der Waals surface area contributed by atoms with Gasteiger partial charge in [-0.25, -0.2) is 13.4 Å². The number of sulfone groups is 1. The van der Waals surface area contributed by atoms with Crippen LogP contribution >= 0.6 is 0 Å². The van der Waals surface area contributed by atoms with Crippen LogP contribution < -0.4 is 0 Å². The normalized spacial score (nSPS) is 11.7. The predicted octanol–water partition coefficient (Wildman–Crippen LogP) is -0.824. The molecule has 0 amide bonds. The number of aromatic nitrogens is 2. The minimum Gasteiger partial charge on any atom is -0.395 e. The van der Waals surface area contributed by atoms with Crippen molar-refractivity contribution in [3.8, 4) is 0 Å². The second kappa shape index (κ2) is 3.02. The highest BCUT2D eigenvalue weighted by Crippen LogP contribution is 2.03. The van der Waals surface area contributed by atoms with Crippen LogP contribution in [0.1, 0.15) is 0 Å². The van der Waals surface area contributed by atoms with Crippen molar-refractivity contribution in [2.24, 2.45) is 0 Å². The summed E-state index contributed by atoms with van der Waals surface area (Å²) in [6, 6.07) is 0. The number of imidazole rings is 1. The van der Waals surface area contributed by atoms with E-state index in [0.29, 0.717) is 0 Å². The molecular weight excluding hydrogens is 168 g/mol. The van der Waals surface area contributed by atoms with Crippen LogP contribution in [0.4, 0.5) is 0 Å². The molecule has 0 aliphatic heterocycles. The highest BCUT2D eigenvalue weighted by atomic mass is 32.2. The molecule has 11 heavy (non-hydrogen) atoms. The van der Waals surface area contributed by atoms with Gasteiger partial charge in [-0.05, 0) is 0 Å². The third-order valence-electron chi connectivity index (χ3n) is 1.15. The summed E-state index contributed by atoms with van der Waals surface area (Å²) >= 11 is 0. The third-order valence-corrected chi connectivity index (χ3v) is 2.73. The van der Waals surface area contributed by atoms with Crippen LogP contribution in [0.15, 0.2) is 17.6 Å². The zero-order valence-corrected chi connectivity index (χ0v) is 6.50. The van der Waals surface area contributed by atoms with Crippen molar-refractivity contribution < 1.29 is 13.5 Å². The van der Waals surface area contributed by atoms with E-state index < -0.39 is 9.84 Å². The van der Waals surface area contributed by atoms with Crippen LogP contribution in [0, 0.1) is 0 Å². The highest BCUT2D eigenvalue weighted by molar-refractivity contribution is 7.91. The van der Waals surface area contributed by atoms with Crippen LogP contribution in [0.25, 0.3) is 0 Å². The maximum absolute atomic E-state index is 11.1. The van der Waals surface area contributed by atoms with Crippen molar-refractivity contribution in [2.75, 3.05) is 12.4 Å². The maximum atomic E-state index is 11.1. The van der Waals surface area contributed by atoms with Crippen LogP contribution in [0.5, 0.6) is 0 Å². The van der Waals surface area contributed by atoms with Gasteiger partial charge in [0.05, 0.1) is 18.7 Å². The van der Waals surface area contributed by atoms with Gasteiger partial charge in [0, 0.05) is 6.20 Å². The van der Waals surface area contributed by atoms with E-state index in [1.165, 1.54) is 12.5 Å². The quantitative estimate of drug-likeness (QED) is 0.630. The van der Waals surface area contributed by atoms with Gasteiger partial charge in [-0.15, -0.1) is 0 Å². The smallest absolute Gasteiger partial charge is 0.199 e. The first kappa shape index (κ1) is 8.22. The highest BCUT2D eigenvalue weighted by Gasteiger charge is 2.14. The molecule has 1 rings (SSSR count). The Labute approximate surface area is 64.0 Å². The third kappa shape index (κ3) is 1.78. The van der Waals surface area contributed by atoms with Crippen LogP contribution in [-0.4, -0.2) is 35.9 Å². The van der Waals surface area contributed by atoms with Crippen molar-refractivity contribution in [3.05, 3.63) is 12.5 Å². The molecular formula is C5H8N2O3S. The molecule has 0 unspecified atom stereocenters. The molecule has 0 spiro atoms. The van der Waals surface area contributed by atoms with Crippen molar-refractivity contribution in [1.82, 2.24) is 9.97 Å². The van der Waals surface area contributed by atoms with Gasteiger partial charge in [-0.1, -0.05) is 0 Å². The first-order valence-corrected chi connectivity index (χ1v) is 4.64. The van der Waals surface area contributed by atoms with E-state index in [1.54, 1.807) is 0 Å². The fourth-order valence-electron chi connectivity index (χ4n) is 0.642. The molecule has 6 heteroatoms. The van der Waals surface area contributed by atoms with Gasteiger partial charge in [0.15, 0.2) is 14.9 Å². The lowest BCUT2D eigenvalue weighted by atomic mass is 10.9. The number of aliphatic hydroxyl groups excluding tert-OH is 1. The van der Waals surface area contributed by atoms with E-state index >= 15 is 0 Å². The molecule has 2 N–H and O–H groups in total. The molecule has 0 aliphatic rings. The van der Waals surface area contributed by atoms with Crippen LogP contribution in [0.2, 0.25) is 0 Å². The summed E-state index contributed by atoms with van der Waals surface area (Å²) < 4.78 is 22.1. The van der Waals surface area contributed by atoms with E-state index in [-0.39, 0.29) is 17.4 Å². The molecule has 0 aromatic carbocycles. The zero-order chi connectivity index (χ0) is 8.32. The van der Waals surface area contributed by atoms with Crippen molar-refractivity contribution in [1.29, 1.82) is 0 Å². The Bertz CT molecular complexity index is 302. The monoisotopic (exact) mass is 176 g/mol.